The number of piperazine rings is 1. The molecule has 6 heteroatoms. The highest BCUT2D eigenvalue weighted by Gasteiger charge is 2.21. The summed E-state index contributed by atoms with van der Waals surface area (Å²) >= 11 is 0. The fourth-order valence-corrected chi connectivity index (χ4v) is 3.40. The van der Waals surface area contributed by atoms with Gasteiger partial charge in [0.2, 0.25) is 5.95 Å². The normalized spacial score (nSPS) is 14.7. The van der Waals surface area contributed by atoms with Gasteiger partial charge in [0.15, 0.2) is 0 Å². The molecule has 0 aliphatic carbocycles. The van der Waals surface area contributed by atoms with Crippen molar-refractivity contribution >= 4 is 28.4 Å². The monoisotopic (exact) mass is 348 g/mol. The molecule has 1 saturated heterocycles. The van der Waals surface area contributed by atoms with Gasteiger partial charge in [0.1, 0.15) is 11.6 Å². The van der Waals surface area contributed by atoms with Crippen LogP contribution in [0.25, 0.3) is 10.8 Å². The molecule has 0 atom stereocenters. The van der Waals surface area contributed by atoms with Crippen molar-refractivity contribution in [3.8, 4) is 0 Å². The summed E-state index contributed by atoms with van der Waals surface area (Å²) in [5.74, 6) is 2.85. The lowest BCUT2D eigenvalue weighted by Crippen LogP contribution is -2.47. The number of fused-ring (bicyclic) bond motifs is 1. The summed E-state index contributed by atoms with van der Waals surface area (Å²) in [6, 6.07) is 12.6. The van der Waals surface area contributed by atoms with Crippen LogP contribution in [-0.2, 0) is 0 Å². The first-order valence-electron chi connectivity index (χ1n) is 8.98. The second kappa shape index (κ2) is 6.78. The van der Waals surface area contributed by atoms with Gasteiger partial charge in [-0.1, -0.05) is 24.3 Å². The third kappa shape index (κ3) is 3.14. The summed E-state index contributed by atoms with van der Waals surface area (Å²) in [5.41, 5.74) is 0.997. The number of hydrogen-bond donors (Lipinski definition) is 0. The van der Waals surface area contributed by atoms with Gasteiger partial charge in [-0.3, -0.25) is 0 Å². The molecule has 1 aliphatic heterocycles. The zero-order chi connectivity index (χ0) is 18.1. The van der Waals surface area contributed by atoms with Crippen LogP contribution in [0.5, 0.6) is 0 Å². The highest BCUT2D eigenvalue weighted by molar-refractivity contribution is 5.92. The van der Waals surface area contributed by atoms with E-state index in [2.05, 4.69) is 56.2 Å². The summed E-state index contributed by atoms with van der Waals surface area (Å²) in [7, 11) is 3.95. The van der Waals surface area contributed by atoms with Crippen LogP contribution in [0.2, 0.25) is 0 Å². The predicted octanol–water partition coefficient (Wildman–Crippen LogP) is 2.73. The lowest BCUT2D eigenvalue weighted by molar-refractivity contribution is 0.642. The van der Waals surface area contributed by atoms with Crippen LogP contribution in [0.1, 0.15) is 5.69 Å². The average molecular weight is 348 g/mol. The molecule has 26 heavy (non-hydrogen) atoms. The van der Waals surface area contributed by atoms with E-state index in [1.165, 1.54) is 10.8 Å². The molecule has 2 aromatic heterocycles. The van der Waals surface area contributed by atoms with E-state index in [1.807, 2.05) is 32.1 Å². The molecular formula is C20H24N6. The summed E-state index contributed by atoms with van der Waals surface area (Å²) in [5, 5.41) is 2.46. The van der Waals surface area contributed by atoms with Crippen LogP contribution in [0, 0.1) is 6.92 Å². The molecule has 0 saturated carbocycles. The maximum atomic E-state index is 4.71. The Hall–Kier alpha value is -2.89. The van der Waals surface area contributed by atoms with Crippen molar-refractivity contribution in [2.24, 2.45) is 0 Å². The van der Waals surface area contributed by atoms with Crippen LogP contribution in [-0.4, -0.2) is 55.2 Å². The second-order valence-electron chi connectivity index (χ2n) is 6.89. The molecule has 0 bridgehead atoms. The van der Waals surface area contributed by atoms with E-state index in [9.17, 15) is 0 Å². The first kappa shape index (κ1) is 16.6. The van der Waals surface area contributed by atoms with Crippen molar-refractivity contribution in [2.45, 2.75) is 6.92 Å². The minimum atomic E-state index is 0.762. The Labute approximate surface area is 154 Å². The molecule has 0 amide bonds. The van der Waals surface area contributed by atoms with E-state index in [0.29, 0.717) is 0 Å². The molecule has 3 aromatic rings. The standard InChI is InChI=1S/C20H24N6/c1-15-14-18(23-20(22-15)24(2)3)25-10-12-26(13-11-25)19-17-7-5-4-6-16(17)8-9-21-19/h4-9,14H,10-13H2,1-3H3. The lowest BCUT2D eigenvalue weighted by atomic mass is 10.1. The molecule has 0 radical (unpaired) electrons. The molecule has 6 nitrogen and oxygen atoms in total. The van der Waals surface area contributed by atoms with Crippen molar-refractivity contribution in [1.29, 1.82) is 0 Å². The fourth-order valence-electron chi connectivity index (χ4n) is 3.40. The highest BCUT2D eigenvalue weighted by atomic mass is 15.3. The number of aromatic nitrogens is 3. The molecule has 134 valence electrons. The van der Waals surface area contributed by atoms with Gasteiger partial charge in [0, 0.05) is 63.6 Å². The van der Waals surface area contributed by atoms with Crippen LogP contribution in [0.3, 0.4) is 0 Å². The zero-order valence-corrected chi connectivity index (χ0v) is 15.6. The number of rotatable bonds is 3. The number of aryl methyl sites for hydroxylation is 1. The van der Waals surface area contributed by atoms with Gasteiger partial charge in [-0.2, -0.15) is 4.98 Å². The van der Waals surface area contributed by atoms with E-state index in [-0.39, 0.29) is 0 Å². The Morgan fingerprint density at radius 2 is 1.65 bits per heavy atom. The number of anilines is 3. The van der Waals surface area contributed by atoms with Crippen molar-refractivity contribution < 1.29 is 0 Å². The van der Waals surface area contributed by atoms with Crippen LogP contribution >= 0.6 is 0 Å². The Morgan fingerprint density at radius 3 is 2.42 bits per heavy atom. The van der Waals surface area contributed by atoms with Crippen molar-refractivity contribution in [3.63, 3.8) is 0 Å². The third-order valence-electron chi connectivity index (χ3n) is 4.78. The number of pyridine rings is 1. The van der Waals surface area contributed by atoms with Gasteiger partial charge >= 0.3 is 0 Å². The molecule has 1 aromatic carbocycles. The smallest absolute Gasteiger partial charge is 0.226 e. The van der Waals surface area contributed by atoms with Gasteiger partial charge < -0.3 is 14.7 Å². The average Bonchev–Trinajstić information content (AvgIpc) is 2.67. The predicted molar refractivity (Wildman–Crippen MR) is 107 cm³/mol. The van der Waals surface area contributed by atoms with Gasteiger partial charge in [0.05, 0.1) is 0 Å². The first-order valence-corrected chi connectivity index (χ1v) is 8.98. The highest BCUT2D eigenvalue weighted by Crippen LogP contribution is 2.26. The maximum Gasteiger partial charge on any atom is 0.226 e. The van der Waals surface area contributed by atoms with E-state index in [0.717, 1.165) is 49.5 Å². The minimum Gasteiger partial charge on any atom is -0.353 e. The van der Waals surface area contributed by atoms with Crippen LogP contribution in [0.4, 0.5) is 17.6 Å². The molecule has 4 rings (SSSR count). The summed E-state index contributed by atoms with van der Waals surface area (Å²) in [6.07, 6.45) is 1.90. The number of nitrogens with zero attached hydrogens (tertiary/aromatic N) is 6. The molecule has 1 fully saturated rings. The summed E-state index contributed by atoms with van der Waals surface area (Å²) in [6.45, 7) is 5.74. The van der Waals surface area contributed by atoms with E-state index >= 15 is 0 Å². The maximum absolute atomic E-state index is 4.71. The number of hydrogen-bond acceptors (Lipinski definition) is 6. The van der Waals surface area contributed by atoms with Crippen LogP contribution < -0.4 is 14.7 Å². The Kier molecular flexibility index (Phi) is 4.32. The quantitative estimate of drug-likeness (QED) is 0.725. The van der Waals surface area contributed by atoms with E-state index in [1.54, 1.807) is 0 Å². The molecule has 0 N–H and O–H groups in total. The van der Waals surface area contributed by atoms with Gasteiger partial charge in [0.25, 0.3) is 0 Å². The Morgan fingerprint density at radius 1 is 0.923 bits per heavy atom. The van der Waals surface area contributed by atoms with Gasteiger partial charge in [-0.05, 0) is 18.4 Å². The Balaban J connectivity index is 1.54. The molecule has 0 spiro atoms. The topological polar surface area (TPSA) is 48.4 Å². The molecular weight excluding hydrogens is 324 g/mol. The van der Waals surface area contributed by atoms with Crippen LogP contribution in [0.15, 0.2) is 42.6 Å². The third-order valence-corrected chi connectivity index (χ3v) is 4.78. The SMILES string of the molecule is Cc1cc(N2CCN(c3nccc4ccccc34)CC2)nc(N(C)C)n1. The largest absolute Gasteiger partial charge is 0.353 e. The van der Waals surface area contributed by atoms with E-state index in [4.69, 9.17) is 4.98 Å². The Bertz CT molecular complexity index is 910. The van der Waals surface area contributed by atoms with Crippen molar-refractivity contribution in [2.75, 3.05) is 55.0 Å². The van der Waals surface area contributed by atoms with Crippen molar-refractivity contribution in [3.05, 3.63) is 48.3 Å². The molecule has 0 unspecified atom stereocenters. The van der Waals surface area contributed by atoms with Gasteiger partial charge in [-0.15, -0.1) is 0 Å². The lowest BCUT2D eigenvalue weighted by Gasteiger charge is -2.36. The fraction of sp³-hybridized carbons (Fsp3) is 0.350. The summed E-state index contributed by atoms with van der Waals surface area (Å²) in [4.78, 5) is 20.5. The number of benzene rings is 1. The first-order chi connectivity index (χ1) is 12.6. The molecule has 3 heterocycles. The van der Waals surface area contributed by atoms with Gasteiger partial charge in [-0.25, -0.2) is 9.97 Å². The minimum absolute atomic E-state index is 0.762. The second-order valence-corrected chi connectivity index (χ2v) is 6.89. The van der Waals surface area contributed by atoms with Crippen molar-refractivity contribution in [1.82, 2.24) is 15.0 Å². The summed E-state index contributed by atoms with van der Waals surface area (Å²) < 4.78 is 0. The van der Waals surface area contributed by atoms with E-state index < -0.39 is 0 Å². The molecule has 1 aliphatic rings. The zero-order valence-electron chi connectivity index (χ0n) is 15.6.